The SMILES string of the molecule is C[C@H](NC(=O)c1cc(-c2ccc(F)cc2)no1)c1ccc(N2CCOCC2)cc1. The van der Waals surface area contributed by atoms with Crippen molar-refractivity contribution in [3.8, 4) is 11.3 Å². The first-order valence-corrected chi connectivity index (χ1v) is 9.56. The highest BCUT2D eigenvalue weighted by Gasteiger charge is 2.18. The van der Waals surface area contributed by atoms with Gasteiger partial charge in [0.1, 0.15) is 11.5 Å². The fourth-order valence-electron chi connectivity index (χ4n) is 3.29. The normalized spacial score (nSPS) is 15.2. The van der Waals surface area contributed by atoms with Gasteiger partial charge in [0.05, 0.1) is 19.3 Å². The Morgan fingerprint density at radius 3 is 2.48 bits per heavy atom. The van der Waals surface area contributed by atoms with E-state index in [1.54, 1.807) is 18.2 Å². The number of nitrogens with zero attached hydrogens (tertiary/aromatic N) is 2. The summed E-state index contributed by atoms with van der Waals surface area (Å²) in [6, 6.07) is 15.4. The maximum Gasteiger partial charge on any atom is 0.290 e. The minimum Gasteiger partial charge on any atom is -0.378 e. The van der Waals surface area contributed by atoms with Gasteiger partial charge in [0.25, 0.3) is 5.91 Å². The molecule has 0 saturated carbocycles. The number of benzene rings is 2. The van der Waals surface area contributed by atoms with Crippen LogP contribution in [0.2, 0.25) is 0 Å². The summed E-state index contributed by atoms with van der Waals surface area (Å²) in [4.78, 5) is 14.8. The first-order valence-electron chi connectivity index (χ1n) is 9.56. The van der Waals surface area contributed by atoms with Gasteiger partial charge in [-0.25, -0.2) is 4.39 Å². The third-order valence-electron chi connectivity index (χ3n) is 4.99. The van der Waals surface area contributed by atoms with Gasteiger partial charge < -0.3 is 19.5 Å². The van der Waals surface area contributed by atoms with Crippen LogP contribution in [0, 0.1) is 5.82 Å². The molecular weight excluding hydrogens is 373 g/mol. The van der Waals surface area contributed by atoms with Crippen LogP contribution < -0.4 is 10.2 Å². The summed E-state index contributed by atoms with van der Waals surface area (Å²) in [6.45, 7) is 5.16. The van der Waals surface area contributed by atoms with Crippen LogP contribution in [-0.2, 0) is 4.74 Å². The number of anilines is 1. The summed E-state index contributed by atoms with van der Waals surface area (Å²) in [6.07, 6.45) is 0. The topological polar surface area (TPSA) is 67.6 Å². The van der Waals surface area contributed by atoms with Gasteiger partial charge in [-0.2, -0.15) is 0 Å². The third-order valence-corrected chi connectivity index (χ3v) is 4.99. The van der Waals surface area contributed by atoms with E-state index >= 15 is 0 Å². The number of hydrogen-bond acceptors (Lipinski definition) is 5. The predicted molar refractivity (Wildman–Crippen MR) is 107 cm³/mol. The summed E-state index contributed by atoms with van der Waals surface area (Å²) < 4.78 is 23.6. The van der Waals surface area contributed by atoms with E-state index in [0.29, 0.717) is 11.3 Å². The number of carbonyl (C=O) groups is 1. The summed E-state index contributed by atoms with van der Waals surface area (Å²) in [7, 11) is 0. The highest BCUT2D eigenvalue weighted by molar-refractivity contribution is 5.92. The first kappa shape index (κ1) is 19.1. The van der Waals surface area contributed by atoms with Crippen LogP contribution in [0.1, 0.15) is 29.1 Å². The van der Waals surface area contributed by atoms with Crippen LogP contribution >= 0.6 is 0 Å². The molecule has 1 amide bonds. The molecule has 0 aliphatic carbocycles. The number of aromatic nitrogens is 1. The Morgan fingerprint density at radius 2 is 1.79 bits per heavy atom. The zero-order valence-corrected chi connectivity index (χ0v) is 16.1. The Kier molecular flexibility index (Phi) is 5.57. The Balaban J connectivity index is 1.39. The number of rotatable bonds is 5. The van der Waals surface area contributed by atoms with Gasteiger partial charge in [0, 0.05) is 30.4 Å². The lowest BCUT2D eigenvalue weighted by molar-refractivity contribution is 0.0902. The molecule has 1 aliphatic rings. The van der Waals surface area contributed by atoms with Crippen molar-refractivity contribution in [2.75, 3.05) is 31.2 Å². The summed E-state index contributed by atoms with van der Waals surface area (Å²) in [5.74, 6) is -0.569. The number of halogens is 1. The number of amides is 1. The summed E-state index contributed by atoms with van der Waals surface area (Å²) >= 11 is 0. The third kappa shape index (κ3) is 4.46. The molecule has 0 radical (unpaired) electrons. The lowest BCUT2D eigenvalue weighted by atomic mass is 10.1. The van der Waals surface area contributed by atoms with Crippen molar-refractivity contribution in [3.05, 3.63) is 71.7 Å². The van der Waals surface area contributed by atoms with Crippen LogP contribution in [0.25, 0.3) is 11.3 Å². The molecule has 0 bridgehead atoms. The molecule has 3 aromatic rings. The van der Waals surface area contributed by atoms with E-state index in [0.717, 1.165) is 37.6 Å². The van der Waals surface area contributed by atoms with E-state index in [1.807, 2.05) is 19.1 Å². The highest BCUT2D eigenvalue weighted by Crippen LogP contribution is 2.22. The molecule has 29 heavy (non-hydrogen) atoms. The van der Waals surface area contributed by atoms with Gasteiger partial charge in [-0.05, 0) is 48.9 Å². The highest BCUT2D eigenvalue weighted by atomic mass is 19.1. The van der Waals surface area contributed by atoms with Crippen molar-refractivity contribution in [1.82, 2.24) is 10.5 Å². The number of hydrogen-bond donors (Lipinski definition) is 1. The molecule has 0 spiro atoms. The average molecular weight is 395 g/mol. The van der Waals surface area contributed by atoms with Crippen molar-refractivity contribution in [2.24, 2.45) is 0 Å². The molecule has 4 rings (SSSR count). The monoisotopic (exact) mass is 395 g/mol. The second-order valence-corrected chi connectivity index (χ2v) is 6.97. The van der Waals surface area contributed by atoms with Crippen LogP contribution in [0.5, 0.6) is 0 Å². The molecule has 1 saturated heterocycles. The molecule has 2 heterocycles. The Hall–Kier alpha value is -3.19. The lowest BCUT2D eigenvalue weighted by Crippen LogP contribution is -2.36. The van der Waals surface area contributed by atoms with Gasteiger partial charge >= 0.3 is 0 Å². The largest absolute Gasteiger partial charge is 0.378 e. The molecule has 2 aromatic carbocycles. The number of nitrogens with one attached hydrogen (secondary N) is 1. The minimum atomic E-state index is -0.351. The van der Waals surface area contributed by atoms with Crippen molar-refractivity contribution < 1.29 is 18.4 Å². The Labute approximate surface area is 168 Å². The maximum absolute atomic E-state index is 13.1. The van der Waals surface area contributed by atoms with Gasteiger partial charge in [-0.1, -0.05) is 17.3 Å². The van der Waals surface area contributed by atoms with E-state index in [4.69, 9.17) is 9.26 Å². The second-order valence-electron chi connectivity index (χ2n) is 6.97. The van der Waals surface area contributed by atoms with Crippen molar-refractivity contribution in [2.45, 2.75) is 13.0 Å². The van der Waals surface area contributed by atoms with Crippen LogP contribution in [0.3, 0.4) is 0 Å². The summed E-state index contributed by atoms with van der Waals surface area (Å²) in [5.41, 5.74) is 3.31. The van der Waals surface area contributed by atoms with Crippen molar-refractivity contribution >= 4 is 11.6 Å². The van der Waals surface area contributed by atoms with Gasteiger partial charge in [-0.3, -0.25) is 4.79 Å². The average Bonchev–Trinajstić information content (AvgIpc) is 3.25. The molecule has 1 fully saturated rings. The Morgan fingerprint density at radius 1 is 1.10 bits per heavy atom. The van der Waals surface area contributed by atoms with Gasteiger partial charge in [0.15, 0.2) is 0 Å². The van der Waals surface area contributed by atoms with Crippen LogP contribution in [0.4, 0.5) is 10.1 Å². The number of carbonyl (C=O) groups excluding carboxylic acids is 1. The minimum absolute atomic E-state index is 0.112. The fraction of sp³-hybridized carbons (Fsp3) is 0.273. The number of morpholine rings is 1. The van der Waals surface area contributed by atoms with Crippen LogP contribution in [0.15, 0.2) is 59.1 Å². The van der Waals surface area contributed by atoms with Crippen molar-refractivity contribution in [1.29, 1.82) is 0 Å². The van der Waals surface area contributed by atoms with Gasteiger partial charge in [0.2, 0.25) is 5.76 Å². The van der Waals surface area contributed by atoms with E-state index < -0.39 is 0 Å². The van der Waals surface area contributed by atoms with Crippen molar-refractivity contribution in [3.63, 3.8) is 0 Å². The zero-order chi connectivity index (χ0) is 20.2. The van der Waals surface area contributed by atoms with E-state index in [1.165, 1.54) is 12.1 Å². The first-order chi connectivity index (χ1) is 14.1. The molecule has 6 nitrogen and oxygen atoms in total. The maximum atomic E-state index is 13.1. The standard InChI is InChI=1S/C22H22FN3O3/c1-15(16-4-8-19(9-5-16)26-10-12-28-13-11-26)24-22(27)21-14-20(25-29-21)17-2-6-18(23)7-3-17/h2-9,14-15H,10-13H2,1H3,(H,24,27)/t15-/m0/s1. The summed E-state index contributed by atoms with van der Waals surface area (Å²) in [5, 5.41) is 6.83. The predicted octanol–water partition coefficient (Wildman–Crippen LogP) is 3.81. The quantitative estimate of drug-likeness (QED) is 0.712. The zero-order valence-electron chi connectivity index (χ0n) is 16.1. The molecule has 0 unspecified atom stereocenters. The molecule has 1 N–H and O–H groups in total. The number of ether oxygens (including phenoxy) is 1. The smallest absolute Gasteiger partial charge is 0.290 e. The van der Waals surface area contributed by atoms with E-state index in [2.05, 4.69) is 27.5 Å². The van der Waals surface area contributed by atoms with E-state index in [9.17, 15) is 9.18 Å². The van der Waals surface area contributed by atoms with E-state index in [-0.39, 0.29) is 23.5 Å². The molecule has 150 valence electrons. The molecule has 1 aromatic heterocycles. The lowest BCUT2D eigenvalue weighted by Gasteiger charge is -2.29. The second kappa shape index (κ2) is 8.45. The van der Waals surface area contributed by atoms with Crippen LogP contribution in [-0.4, -0.2) is 37.4 Å². The Bertz CT molecular complexity index is 964. The molecule has 1 atom stereocenters. The van der Waals surface area contributed by atoms with Gasteiger partial charge in [-0.15, -0.1) is 0 Å². The molecule has 1 aliphatic heterocycles. The molecular formula is C22H22FN3O3. The molecule has 7 heteroatoms. The fourth-order valence-corrected chi connectivity index (χ4v) is 3.29.